The van der Waals surface area contributed by atoms with Gasteiger partial charge in [-0.2, -0.15) is 0 Å². The van der Waals surface area contributed by atoms with E-state index in [0.717, 1.165) is 46.8 Å². The fourth-order valence-corrected chi connectivity index (χ4v) is 3.14. The van der Waals surface area contributed by atoms with Crippen molar-refractivity contribution in [2.45, 2.75) is 0 Å². The normalized spacial score (nSPS) is 13.6. The van der Waals surface area contributed by atoms with Gasteiger partial charge in [-0.1, -0.05) is 30.3 Å². The highest BCUT2D eigenvalue weighted by atomic mass is 15.3. The first-order chi connectivity index (χ1) is 12.9. The van der Waals surface area contributed by atoms with Gasteiger partial charge in [0.25, 0.3) is 0 Å². The minimum Gasteiger partial charge on any atom is -0.368 e. The molecule has 0 bridgehead atoms. The van der Waals surface area contributed by atoms with Crippen molar-refractivity contribution < 1.29 is 0 Å². The van der Waals surface area contributed by atoms with E-state index >= 15 is 0 Å². The third-order valence-corrected chi connectivity index (χ3v) is 4.39. The smallest absolute Gasteiger partial charge is 0.183 e. The molecular weight excluding hydrogens is 324 g/mol. The fourth-order valence-electron chi connectivity index (χ4n) is 3.14. The van der Waals surface area contributed by atoms with Crippen molar-refractivity contribution in [3.05, 3.63) is 72.7 Å². The summed E-state index contributed by atoms with van der Waals surface area (Å²) in [7, 11) is 0. The van der Waals surface area contributed by atoms with Crippen LogP contribution in [0.3, 0.4) is 0 Å². The second-order valence-corrected chi connectivity index (χ2v) is 6.11. The highest BCUT2D eigenvalue weighted by Crippen LogP contribution is 2.25. The highest BCUT2D eigenvalue weighted by molar-refractivity contribution is 6.05. The Kier molecular flexibility index (Phi) is 3.45. The van der Waals surface area contributed by atoms with Crippen molar-refractivity contribution in [3.63, 3.8) is 0 Å². The summed E-state index contributed by atoms with van der Waals surface area (Å²) in [5.74, 6) is 1.53. The quantitative estimate of drug-likeness (QED) is 0.623. The molecule has 0 unspecified atom stereocenters. The second-order valence-electron chi connectivity index (χ2n) is 6.11. The Labute approximate surface area is 150 Å². The molecule has 126 valence electrons. The molecular formula is C20H16N6. The molecule has 1 N–H and O–H groups in total. The van der Waals surface area contributed by atoms with Gasteiger partial charge < -0.3 is 5.32 Å². The van der Waals surface area contributed by atoms with E-state index in [1.165, 1.54) is 0 Å². The fraction of sp³-hybridized carbons (Fsp3) is 0.100. The Hall–Kier alpha value is -3.54. The van der Waals surface area contributed by atoms with E-state index in [4.69, 9.17) is 4.98 Å². The number of benzene rings is 1. The number of nitrogens with zero attached hydrogens (tertiary/aromatic N) is 5. The molecule has 0 spiro atoms. The molecule has 0 saturated heterocycles. The molecule has 1 aliphatic heterocycles. The summed E-state index contributed by atoms with van der Waals surface area (Å²) < 4.78 is 1.84. The molecule has 1 aliphatic rings. The molecule has 5 rings (SSSR count). The van der Waals surface area contributed by atoms with Crippen LogP contribution in [0.4, 0.5) is 0 Å². The third-order valence-electron chi connectivity index (χ3n) is 4.39. The van der Waals surface area contributed by atoms with Crippen molar-refractivity contribution in [1.29, 1.82) is 0 Å². The number of aliphatic imine (C=N–C) groups is 1. The van der Waals surface area contributed by atoms with Gasteiger partial charge in [-0.15, -0.1) is 5.10 Å². The SMILES string of the molecule is c1ccc(-c2cc(C3=NCCN3)c3nc(-c4cccnc4)nn3c2)cc1. The Morgan fingerprint density at radius 3 is 2.62 bits per heavy atom. The molecule has 0 aliphatic carbocycles. The lowest BCUT2D eigenvalue weighted by Gasteiger charge is -2.08. The van der Waals surface area contributed by atoms with E-state index in [-0.39, 0.29) is 0 Å². The molecule has 4 aromatic rings. The molecule has 6 heteroatoms. The van der Waals surface area contributed by atoms with E-state index in [0.29, 0.717) is 5.82 Å². The number of aromatic nitrogens is 4. The molecule has 3 aromatic heterocycles. The zero-order valence-corrected chi connectivity index (χ0v) is 14.0. The average molecular weight is 340 g/mol. The lowest BCUT2D eigenvalue weighted by molar-refractivity contribution is 0.954. The zero-order valence-electron chi connectivity index (χ0n) is 14.0. The monoisotopic (exact) mass is 340 g/mol. The van der Waals surface area contributed by atoms with Gasteiger partial charge in [-0.25, -0.2) is 9.50 Å². The summed E-state index contributed by atoms with van der Waals surface area (Å²) in [6, 6.07) is 16.2. The molecule has 0 fully saturated rings. The molecule has 4 heterocycles. The van der Waals surface area contributed by atoms with Crippen LogP contribution in [0.15, 0.2) is 72.1 Å². The Bertz CT molecular complexity index is 1100. The van der Waals surface area contributed by atoms with Gasteiger partial charge in [-0.05, 0) is 23.8 Å². The number of hydrogen-bond acceptors (Lipinski definition) is 5. The first-order valence-electron chi connectivity index (χ1n) is 8.53. The van der Waals surface area contributed by atoms with Crippen LogP contribution in [0.1, 0.15) is 5.56 Å². The Morgan fingerprint density at radius 2 is 1.85 bits per heavy atom. The maximum atomic E-state index is 4.75. The summed E-state index contributed by atoms with van der Waals surface area (Å²) >= 11 is 0. The lowest BCUT2D eigenvalue weighted by atomic mass is 10.1. The van der Waals surface area contributed by atoms with E-state index < -0.39 is 0 Å². The van der Waals surface area contributed by atoms with Crippen LogP contribution in [0.25, 0.3) is 28.2 Å². The Morgan fingerprint density at radius 1 is 0.962 bits per heavy atom. The zero-order chi connectivity index (χ0) is 17.3. The summed E-state index contributed by atoms with van der Waals surface area (Å²) in [5.41, 5.74) is 4.85. The van der Waals surface area contributed by atoms with Crippen molar-refractivity contribution in [1.82, 2.24) is 24.9 Å². The van der Waals surface area contributed by atoms with E-state index in [2.05, 4.69) is 38.6 Å². The topological polar surface area (TPSA) is 67.5 Å². The van der Waals surface area contributed by atoms with Crippen LogP contribution in [0.2, 0.25) is 0 Å². The molecule has 1 aromatic carbocycles. The molecule has 0 radical (unpaired) electrons. The van der Waals surface area contributed by atoms with Gasteiger partial charge in [0, 0.05) is 36.3 Å². The first kappa shape index (κ1) is 14.8. The van der Waals surface area contributed by atoms with Crippen LogP contribution in [0.5, 0.6) is 0 Å². The first-order valence-corrected chi connectivity index (χ1v) is 8.53. The second kappa shape index (κ2) is 6.07. The van der Waals surface area contributed by atoms with Crippen LogP contribution >= 0.6 is 0 Å². The number of rotatable bonds is 3. The van der Waals surface area contributed by atoms with Crippen LogP contribution in [-0.4, -0.2) is 38.5 Å². The summed E-state index contributed by atoms with van der Waals surface area (Å²) in [5, 5.41) is 8.03. The third kappa shape index (κ3) is 2.52. The van der Waals surface area contributed by atoms with Gasteiger partial charge in [0.15, 0.2) is 11.5 Å². The number of fused-ring (bicyclic) bond motifs is 1. The number of nitrogens with one attached hydrogen (secondary N) is 1. The minimum absolute atomic E-state index is 0.656. The average Bonchev–Trinajstić information content (AvgIpc) is 3.38. The predicted octanol–water partition coefficient (Wildman–Crippen LogP) is 2.81. The van der Waals surface area contributed by atoms with Crippen molar-refractivity contribution in [3.8, 4) is 22.5 Å². The van der Waals surface area contributed by atoms with E-state index in [1.807, 2.05) is 41.0 Å². The van der Waals surface area contributed by atoms with Gasteiger partial charge in [0.2, 0.25) is 0 Å². The molecule has 0 amide bonds. The molecule has 0 atom stereocenters. The summed E-state index contributed by atoms with van der Waals surface area (Å²) in [4.78, 5) is 13.5. The molecule has 26 heavy (non-hydrogen) atoms. The van der Waals surface area contributed by atoms with Crippen LogP contribution in [0, 0.1) is 0 Å². The van der Waals surface area contributed by atoms with Crippen LogP contribution < -0.4 is 5.32 Å². The number of pyridine rings is 2. The summed E-state index contributed by atoms with van der Waals surface area (Å²) in [6.07, 6.45) is 5.53. The predicted molar refractivity (Wildman–Crippen MR) is 101 cm³/mol. The standard InChI is InChI=1S/C20H16N6/c1-2-5-14(6-3-1)16-11-17(19-22-9-10-23-19)20-24-18(25-26(20)13-16)15-7-4-8-21-12-15/h1-8,11-13H,9-10H2,(H,22,23). The minimum atomic E-state index is 0.656. The maximum absolute atomic E-state index is 4.75. The maximum Gasteiger partial charge on any atom is 0.183 e. The number of hydrogen-bond donors (Lipinski definition) is 1. The molecule has 6 nitrogen and oxygen atoms in total. The van der Waals surface area contributed by atoms with E-state index in [9.17, 15) is 0 Å². The van der Waals surface area contributed by atoms with Crippen molar-refractivity contribution in [2.75, 3.05) is 13.1 Å². The van der Waals surface area contributed by atoms with Crippen molar-refractivity contribution >= 4 is 11.5 Å². The van der Waals surface area contributed by atoms with Gasteiger partial charge in [-0.3, -0.25) is 9.98 Å². The number of amidine groups is 1. The van der Waals surface area contributed by atoms with E-state index in [1.54, 1.807) is 12.4 Å². The lowest BCUT2D eigenvalue weighted by Crippen LogP contribution is -2.20. The Balaban J connectivity index is 1.74. The van der Waals surface area contributed by atoms with Gasteiger partial charge in [0.1, 0.15) is 5.84 Å². The molecule has 0 saturated carbocycles. The summed E-state index contributed by atoms with van der Waals surface area (Å²) in [6.45, 7) is 1.63. The van der Waals surface area contributed by atoms with Crippen LogP contribution in [-0.2, 0) is 0 Å². The van der Waals surface area contributed by atoms with Gasteiger partial charge in [0.05, 0.1) is 12.1 Å². The van der Waals surface area contributed by atoms with Gasteiger partial charge >= 0.3 is 0 Å². The highest BCUT2D eigenvalue weighted by Gasteiger charge is 2.18. The largest absolute Gasteiger partial charge is 0.368 e. The van der Waals surface area contributed by atoms with Crippen molar-refractivity contribution in [2.24, 2.45) is 4.99 Å².